The quantitative estimate of drug-likeness (QED) is 0.494. The molecule has 2 aliphatic heterocycles. The number of benzene rings is 1. The molecular weight excluding hydrogens is 454 g/mol. The molecule has 7 heteroatoms. The average Bonchev–Trinajstić information content (AvgIpc) is 3.36. The van der Waals surface area contributed by atoms with E-state index in [1.54, 1.807) is 0 Å². The summed E-state index contributed by atoms with van der Waals surface area (Å²) in [5.74, 6) is 0. The summed E-state index contributed by atoms with van der Waals surface area (Å²) in [6.07, 6.45) is 2.93. The number of hydrogen-bond acceptors (Lipinski definition) is 4. The first-order chi connectivity index (χ1) is 17.0. The highest BCUT2D eigenvalue weighted by Crippen LogP contribution is 2.41. The molecule has 2 aromatic heterocycles. The van der Waals surface area contributed by atoms with Crippen molar-refractivity contribution in [3.63, 3.8) is 0 Å². The number of hydrogen-bond donors (Lipinski definition) is 1. The van der Waals surface area contributed by atoms with Crippen molar-refractivity contribution in [3.05, 3.63) is 82.9 Å². The van der Waals surface area contributed by atoms with E-state index in [4.69, 9.17) is 21.9 Å². The fourth-order valence-corrected chi connectivity index (χ4v) is 5.78. The molecule has 1 aromatic carbocycles. The SMILES string of the molecule is Cc1ccc(-n2c(C)cc([C@@H]3[C@@H](c4ccccn4)NC(=S)N3CCCN3CCOCC3)c2C)cc1. The fraction of sp³-hybridized carbons (Fsp3) is 0.429. The van der Waals surface area contributed by atoms with Crippen molar-refractivity contribution in [2.24, 2.45) is 0 Å². The van der Waals surface area contributed by atoms with Gasteiger partial charge in [0.2, 0.25) is 0 Å². The van der Waals surface area contributed by atoms with Gasteiger partial charge < -0.3 is 19.5 Å². The van der Waals surface area contributed by atoms with Gasteiger partial charge in [-0.25, -0.2) is 0 Å². The third kappa shape index (κ3) is 4.99. The molecule has 0 aliphatic carbocycles. The van der Waals surface area contributed by atoms with Gasteiger partial charge in [-0.05, 0) is 75.3 Å². The molecule has 6 nitrogen and oxygen atoms in total. The Morgan fingerprint density at radius 1 is 1.03 bits per heavy atom. The van der Waals surface area contributed by atoms with Crippen LogP contribution < -0.4 is 5.32 Å². The minimum Gasteiger partial charge on any atom is -0.379 e. The van der Waals surface area contributed by atoms with Gasteiger partial charge in [0.15, 0.2) is 5.11 Å². The third-order valence-electron chi connectivity index (χ3n) is 7.26. The number of ether oxygens (including phenoxy) is 1. The van der Waals surface area contributed by atoms with Crippen LogP contribution >= 0.6 is 12.2 Å². The lowest BCUT2D eigenvalue weighted by Crippen LogP contribution is -2.39. The summed E-state index contributed by atoms with van der Waals surface area (Å²) in [7, 11) is 0. The number of pyridine rings is 1. The van der Waals surface area contributed by atoms with Gasteiger partial charge in [0.1, 0.15) is 0 Å². The number of aromatic nitrogens is 2. The Hall–Kier alpha value is -2.74. The van der Waals surface area contributed by atoms with Gasteiger partial charge in [0.05, 0.1) is 31.0 Å². The van der Waals surface area contributed by atoms with Gasteiger partial charge in [0, 0.05) is 49.5 Å². The highest BCUT2D eigenvalue weighted by Gasteiger charge is 2.41. The Kier molecular flexibility index (Phi) is 7.18. The maximum absolute atomic E-state index is 5.90. The normalized spacial score (nSPS) is 20.9. The van der Waals surface area contributed by atoms with Gasteiger partial charge in [-0.15, -0.1) is 0 Å². The molecule has 0 unspecified atom stereocenters. The predicted molar refractivity (Wildman–Crippen MR) is 144 cm³/mol. The molecule has 0 saturated carbocycles. The number of rotatable bonds is 7. The van der Waals surface area contributed by atoms with E-state index in [1.807, 2.05) is 12.3 Å². The van der Waals surface area contributed by atoms with E-state index < -0.39 is 0 Å². The first kappa shape index (κ1) is 24.0. The van der Waals surface area contributed by atoms with Gasteiger partial charge in [-0.3, -0.25) is 9.88 Å². The van der Waals surface area contributed by atoms with E-state index in [0.29, 0.717) is 0 Å². The number of nitrogens with one attached hydrogen (secondary N) is 1. The summed E-state index contributed by atoms with van der Waals surface area (Å²) in [4.78, 5) is 9.58. The summed E-state index contributed by atoms with van der Waals surface area (Å²) < 4.78 is 7.87. The van der Waals surface area contributed by atoms with E-state index in [-0.39, 0.29) is 12.1 Å². The van der Waals surface area contributed by atoms with Crippen molar-refractivity contribution >= 4 is 17.3 Å². The molecule has 5 rings (SSSR count). The number of morpholine rings is 1. The van der Waals surface area contributed by atoms with Crippen LogP contribution in [0.4, 0.5) is 0 Å². The molecule has 3 aromatic rings. The van der Waals surface area contributed by atoms with Crippen LogP contribution in [0.15, 0.2) is 54.7 Å². The molecule has 0 radical (unpaired) electrons. The van der Waals surface area contributed by atoms with E-state index in [2.05, 4.69) is 82.9 Å². The van der Waals surface area contributed by atoms with E-state index in [9.17, 15) is 0 Å². The summed E-state index contributed by atoms with van der Waals surface area (Å²) >= 11 is 5.90. The Labute approximate surface area is 213 Å². The highest BCUT2D eigenvalue weighted by molar-refractivity contribution is 7.80. The smallest absolute Gasteiger partial charge is 0.170 e. The Morgan fingerprint density at radius 2 is 1.80 bits per heavy atom. The van der Waals surface area contributed by atoms with E-state index in [1.165, 1.54) is 28.2 Å². The molecule has 2 aliphatic rings. The van der Waals surface area contributed by atoms with Crippen molar-refractivity contribution in [3.8, 4) is 5.69 Å². The summed E-state index contributed by atoms with van der Waals surface area (Å²) in [6, 6.07) is 17.3. The number of nitrogens with zero attached hydrogens (tertiary/aromatic N) is 4. The second kappa shape index (κ2) is 10.5. The molecule has 0 amide bonds. The van der Waals surface area contributed by atoms with Crippen LogP contribution in [0.25, 0.3) is 5.69 Å². The minimum absolute atomic E-state index is 0.0130. The molecule has 1 N–H and O–H groups in total. The first-order valence-corrected chi connectivity index (χ1v) is 13.0. The zero-order valence-electron chi connectivity index (χ0n) is 20.9. The van der Waals surface area contributed by atoms with Gasteiger partial charge >= 0.3 is 0 Å². The maximum atomic E-state index is 5.90. The lowest BCUT2D eigenvalue weighted by atomic mass is 9.96. The summed E-state index contributed by atoms with van der Waals surface area (Å²) in [5, 5.41) is 4.43. The Balaban J connectivity index is 1.47. The van der Waals surface area contributed by atoms with Crippen molar-refractivity contribution in [1.82, 2.24) is 24.7 Å². The maximum Gasteiger partial charge on any atom is 0.170 e. The second-order valence-electron chi connectivity index (χ2n) is 9.62. The fourth-order valence-electron chi connectivity index (χ4n) is 5.45. The van der Waals surface area contributed by atoms with Crippen molar-refractivity contribution in [2.45, 2.75) is 39.3 Å². The topological polar surface area (TPSA) is 45.6 Å². The number of thiocarbonyl (C=S) groups is 1. The Bertz CT molecular complexity index is 1150. The molecular formula is C28H35N5OS. The van der Waals surface area contributed by atoms with Crippen LogP contribution in [-0.2, 0) is 4.74 Å². The lowest BCUT2D eigenvalue weighted by molar-refractivity contribution is 0.0365. The molecule has 35 heavy (non-hydrogen) atoms. The first-order valence-electron chi connectivity index (χ1n) is 12.6. The van der Waals surface area contributed by atoms with Crippen LogP contribution in [0.2, 0.25) is 0 Å². The number of aryl methyl sites for hydroxylation is 2. The minimum atomic E-state index is 0.0130. The zero-order chi connectivity index (χ0) is 24.4. The van der Waals surface area contributed by atoms with Crippen LogP contribution in [-0.4, -0.2) is 63.9 Å². The van der Waals surface area contributed by atoms with E-state index in [0.717, 1.165) is 56.6 Å². The molecule has 2 fully saturated rings. The molecule has 0 spiro atoms. The van der Waals surface area contributed by atoms with Crippen LogP contribution in [0, 0.1) is 20.8 Å². The lowest BCUT2D eigenvalue weighted by Gasteiger charge is -2.30. The van der Waals surface area contributed by atoms with Crippen molar-refractivity contribution in [2.75, 3.05) is 39.4 Å². The standard InChI is InChI=1S/C28H35N5OS/c1-20-8-10-23(11-9-20)33-21(2)19-24(22(33)3)27-26(25-7-4-5-12-29-25)30-28(35)32(27)14-6-13-31-15-17-34-18-16-31/h4-5,7-12,19,26-27H,6,13-18H2,1-3H3,(H,30,35)/t26-,27-/m1/s1. The molecule has 2 atom stereocenters. The second-order valence-corrected chi connectivity index (χ2v) is 10.0. The summed E-state index contributed by atoms with van der Waals surface area (Å²) in [5.41, 5.74) is 7.27. The van der Waals surface area contributed by atoms with Gasteiger partial charge in [-0.1, -0.05) is 23.8 Å². The monoisotopic (exact) mass is 489 g/mol. The molecule has 184 valence electrons. The van der Waals surface area contributed by atoms with Crippen LogP contribution in [0.5, 0.6) is 0 Å². The molecule has 0 bridgehead atoms. The van der Waals surface area contributed by atoms with E-state index >= 15 is 0 Å². The third-order valence-corrected chi connectivity index (χ3v) is 7.61. The summed E-state index contributed by atoms with van der Waals surface area (Å²) in [6.45, 7) is 12.2. The Morgan fingerprint density at radius 3 is 2.51 bits per heavy atom. The molecule has 2 saturated heterocycles. The predicted octanol–water partition coefficient (Wildman–Crippen LogP) is 4.49. The van der Waals surface area contributed by atoms with Crippen LogP contribution in [0.1, 0.15) is 46.7 Å². The van der Waals surface area contributed by atoms with Crippen LogP contribution in [0.3, 0.4) is 0 Å². The van der Waals surface area contributed by atoms with Gasteiger partial charge in [-0.2, -0.15) is 0 Å². The largest absolute Gasteiger partial charge is 0.379 e. The highest BCUT2D eigenvalue weighted by atomic mass is 32.1. The average molecular weight is 490 g/mol. The molecule has 4 heterocycles. The van der Waals surface area contributed by atoms with Crippen molar-refractivity contribution in [1.29, 1.82) is 0 Å². The van der Waals surface area contributed by atoms with Crippen molar-refractivity contribution < 1.29 is 4.74 Å². The zero-order valence-corrected chi connectivity index (χ0v) is 21.7. The van der Waals surface area contributed by atoms with Gasteiger partial charge in [0.25, 0.3) is 0 Å².